The van der Waals surface area contributed by atoms with E-state index in [2.05, 4.69) is 10.3 Å². The summed E-state index contributed by atoms with van der Waals surface area (Å²) in [5, 5.41) is 4.22. The van der Waals surface area contributed by atoms with E-state index in [1.165, 1.54) is 12.1 Å². The Kier molecular flexibility index (Phi) is 5.35. The van der Waals surface area contributed by atoms with Crippen molar-refractivity contribution in [3.8, 4) is 0 Å². The quantitative estimate of drug-likeness (QED) is 0.629. The van der Waals surface area contributed by atoms with E-state index >= 15 is 0 Å². The molecule has 0 atom stereocenters. The molecule has 0 bridgehead atoms. The highest BCUT2D eigenvalue weighted by Crippen LogP contribution is 2.34. The second-order valence-corrected chi connectivity index (χ2v) is 6.13. The van der Waals surface area contributed by atoms with Gasteiger partial charge in [0.2, 0.25) is 0 Å². The zero-order chi connectivity index (χ0) is 19.4. The summed E-state index contributed by atoms with van der Waals surface area (Å²) in [4.78, 5) is 6.35. The van der Waals surface area contributed by atoms with Gasteiger partial charge in [0, 0.05) is 30.9 Å². The van der Waals surface area contributed by atoms with E-state index in [-0.39, 0.29) is 0 Å². The molecule has 3 nitrogen and oxygen atoms in total. The molecule has 0 saturated carbocycles. The lowest BCUT2D eigenvalue weighted by Gasteiger charge is -2.22. The molecule has 0 amide bonds. The maximum Gasteiger partial charge on any atom is 0.416 e. The van der Waals surface area contributed by atoms with E-state index in [0.717, 1.165) is 34.3 Å². The summed E-state index contributed by atoms with van der Waals surface area (Å²) in [6.07, 6.45) is 1.18. The fraction of sp³-hybridized carbons (Fsp3) is 0.190. The van der Waals surface area contributed by atoms with E-state index in [9.17, 15) is 13.2 Å². The van der Waals surface area contributed by atoms with Crippen LogP contribution in [0, 0.1) is 0 Å². The summed E-state index contributed by atoms with van der Waals surface area (Å²) in [5.74, 6) is 0. The summed E-state index contributed by atoms with van der Waals surface area (Å²) in [7, 11) is 1.82. The van der Waals surface area contributed by atoms with Crippen molar-refractivity contribution in [2.24, 2.45) is 0 Å². The van der Waals surface area contributed by atoms with Crippen LogP contribution in [0.5, 0.6) is 0 Å². The molecule has 0 fully saturated rings. The van der Waals surface area contributed by atoms with Gasteiger partial charge in [-0.1, -0.05) is 18.2 Å². The van der Waals surface area contributed by atoms with Crippen molar-refractivity contribution in [2.75, 3.05) is 11.9 Å². The van der Waals surface area contributed by atoms with Crippen LogP contribution in [0.3, 0.4) is 0 Å². The van der Waals surface area contributed by atoms with Crippen molar-refractivity contribution in [3.63, 3.8) is 0 Å². The fourth-order valence-electron chi connectivity index (χ4n) is 2.94. The number of benzene rings is 2. The lowest BCUT2D eigenvalue weighted by Crippen LogP contribution is -2.12. The smallest absolute Gasteiger partial charge is 0.387 e. The molecule has 0 aliphatic heterocycles. The Labute approximate surface area is 156 Å². The highest BCUT2D eigenvalue weighted by molar-refractivity contribution is 5.94. The first-order valence-corrected chi connectivity index (χ1v) is 8.54. The molecule has 3 aromatic rings. The van der Waals surface area contributed by atoms with Crippen LogP contribution in [-0.4, -0.2) is 12.0 Å². The molecule has 1 aromatic heterocycles. The number of aromatic nitrogens is 1. The van der Waals surface area contributed by atoms with Crippen molar-refractivity contribution in [1.82, 2.24) is 10.3 Å². The third kappa shape index (κ3) is 4.05. The monoisotopic (exact) mass is 371 g/mol. The Morgan fingerprint density at radius 2 is 1.81 bits per heavy atom. The van der Waals surface area contributed by atoms with Crippen molar-refractivity contribution in [1.29, 1.82) is 0 Å². The molecule has 6 heteroatoms. The minimum atomic E-state index is -4.34. The van der Waals surface area contributed by atoms with Crippen molar-refractivity contribution in [3.05, 3.63) is 78.1 Å². The van der Waals surface area contributed by atoms with Gasteiger partial charge in [-0.05, 0) is 55.1 Å². The van der Waals surface area contributed by atoms with E-state index in [4.69, 9.17) is 0 Å². The van der Waals surface area contributed by atoms with E-state index in [0.29, 0.717) is 12.2 Å². The Morgan fingerprint density at radius 1 is 1.07 bits per heavy atom. The molecule has 140 valence electrons. The number of nitrogens with one attached hydrogen (secondary N) is 1. The van der Waals surface area contributed by atoms with Crippen LogP contribution < -0.4 is 10.2 Å². The summed E-state index contributed by atoms with van der Waals surface area (Å²) >= 11 is 0. The summed E-state index contributed by atoms with van der Waals surface area (Å²) in [6.45, 7) is 2.60. The molecule has 0 aliphatic carbocycles. The molecular weight excluding hydrogens is 351 g/mol. The van der Waals surface area contributed by atoms with Gasteiger partial charge >= 0.3 is 6.18 Å². The Bertz CT molecular complexity index is 947. The van der Waals surface area contributed by atoms with Gasteiger partial charge in [-0.3, -0.25) is 4.98 Å². The molecule has 0 saturated heterocycles. The number of alkyl halides is 3. The first-order valence-electron chi connectivity index (χ1n) is 8.54. The number of hydrogen-bond donors (Lipinski definition) is 1. The van der Waals surface area contributed by atoms with Gasteiger partial charge in [0.25, 0.3) is 0 Å². The topological polar surface area (TPSA) is 28.2 Å². The van der Waals surface area contributed by atoms with Crippen LogP contribution in [0.25, 0.3) is 10.9 Å². The van der Waals surface area contributed by atoms with Gasteiger partial charge in [0.05, 0.1) is 16.8 Å². The third-order valence-corrected chi connectivity index (χ3v) is 4.36. The van der Waals surface area contributed by atoms with Crippen LogP contribution in [-0.2, 0) is 12.7 Å². The minimum absolute atomic E-state index is 0.659. The largest absolute Gasteiger partial charge is 0.416 e. The van der Waals surface area contributed by atoms with Crippen LogP contribution in [0.2, 0.25) is 0 Å². The first kappa shape index (κ1) is 18.8. The predicted molar refractivity (Wildman–Crippen MR) is 103 cm³/mol. The highest BCUT2D eigenvalue weighted by atomic mass is 19.4. The van der Waals surface area contributed by atoms with Gasteiger partial charge in [0.15, 0.2) is 0 Å². The molecule has 0 spiro atoms. The molecule has 0 radical (unpaired) electrons. The van der Waals surface area contributed by atoms with E-state index in [1.54, 1.807) is 6.20 Å². The summed E-state index contributed by atoms with van der Waals surface area (Å²) < 4.78 is 38.4. The number of nitrogens with zero attached hydrogens (tertiary/aromatic N) is 2. The maximum absolute atomic E-state index is 12.8. The van der Waals surface area contributed by atoms with Gasteiger partial charge in [-0.25, -0.2) is 0 Å². The zero-order valence-corrected chi connectivity index (χ0v) is 15.1. The summed E-state index contributed by atoms with van der Waals surface area (Å²) in [6, 6.07) is 13.0. The molecule has 1 N–H and O–H groups in total. The molecule has 1 heterocycles. The number of fused-ring (bicyclic) bond motifs is 1. The van der Waals surface area contributed by atoms with Crippen molar-refractivity contribution in [2.45, 2.75) is 19.6 Å². The minimum Gasteiger partial charge on any atom is -0.387 e. The molecular formula is C21H20F3N3. The molecule has 2 aromatic carbocycles. The van der Waals surface area contributed by atoms with Gasteiger partial charge in [-0.15, -0.1) is 0 Å². The zero-order valence-electron chi connectivity index (χ0n) is 15.1. The van der Waals surface area contributed by atoms with Crippen LogP contribution >= 0.6 is 0 Å². The lowest BCUT2D eigenvalue weighted by atomic mass is 10.1. The Hall–Kier alpha value is -3.02. The average molecular weight is 371 g/mol. The molecule has 0 aliphatic rings. The molecule has 3 rings (SSSR count). The third-order valence-electron chi connectivity index (χ3n) is 4.36. The average Bonchev–Trinajstić information content (AvgIpc) is 2.67. The van der Waals surface area contributed by atoms with Gasteiger partial charge in [-0.2, -0.15) is 13.2 Å². The number of rotatable bonds is 5. The van der Waals surface area contributed by atoms with E-state index < -0.39 is 11.7 Å². The Balaban J connectivity index is 1.97. The number of pyridine rings is 1. The predicted octanol–water partition coefficient (Wildman–Crippen LogP) is 5.64. The second kappa shape index (κ2) is 7.70. The lowest BCUT2D eigenvalue weighted by molar-refractivity contribution is -0.137. The normalized spacial score (nSPS) is 11.9. The van der Waals surface area contributed by atoms with Crippen molar-refractivity contribution < 1.29 is 13.2 Å². The molecule has 27 heavy (non-hydrogen) atoms. The number of anilines is 2. The second-order valence-electron chi connectivity index (χ2n) is 6.13. The SMILES string of the molecule is CC=CNCc1ccc(N(C)c2ccc(C(F)(F)F)cc2)c2ncccc12. The number of hydrogen-bond acceptors (Lipinski definition) is 3. The fourth-order valence-corrected chi connectivity index (χ4v) is 2.94. The number of allylic oxidation sites excluding steroid dienone is 1. The van der Waals surface area contributed by atoms with Gasteiger partial charge in [0.1, 0.15) is 0 Å². The Morgan fingerprint density at radius 3 is 2.48 bits per heavy atom. The van der Waals surface area contributed by atoms with Crippen LogP contribution in [0.1, 0.15) is 18.1 Å². The maximum atomic E-state index is 12.8. The van der Waals surface area contributed by atoms with Crippen LogP contribution in [0.4, 0.5) is 24.5 Å². The van der Waals surface area contributed by atoms with E-state index in [1.807, 2.05) is 55.4 Å². The highest BCUT2D eigenvalue weighted by Gasteiger charge is 2.30. The standard InChI is InChI=1S/C21H20F3N3/c1-3-12-25-14-15-6-11-19(20-18(15)5-4-13-26-20)27(2)17-9-7-16(8-10-17)21(22,23)24/h3-13,25H,14H2,1-2H3. The number of halogens is 3. The first-order chi connectivity index (χ1) is 12.9. The van der Waals surface area contributed by atoms with Gasteiger partial charge < -0.3 is 10.2 Å². The molecule has 0 unspecified atom stereocenters. The van der Waals surface area contributed by atoms with Crippen LogP contribution in [0.15, 0.2) is 67.0 Å². The van der Waals surface area contributed by atoms with Crippen molar-refractivity contribution >= 4 is 22.3 Å². The summed E-state index contributed by atoms with van der Waals surface area (Å²) in [5.41, 5.74) is 2.74.